The van der Waals surface area contributed by atoms with Crippen LogP contribution in [0.25, 0.3) is 0 Å². The molecule has 1 atom stereocenters. The number of carbonyl (C=O) groups is 2. The van der Waals surface area contributed by atoms with Gasteiger partial charge < -0.3 is 9.47 Å². The molecule has 2 rings (SSSR count). The fraction of sp³-hybridized carbons (Fsp3) is 0.333. The molecule has 4 nitrogen and oxygen atoms in total. The molecule has 0 amide bonds. The predicted molar refractivity (Wildman–Crippen MR) is 97.1 cm³/mol. The Kier molecular flexibility index (Phi) is 6.34. The molecule has 0 spiro atoms. The first-order chi connectivity index (χ1) is 11.9. The second-order valence-corrected chi connectivity index (χ2v) is 6.15. The first kappa shape index (κ1) is 18.7. The Morgan fingerprint density at radius 1 is 0.960 bits per heavy atom. The van der Waals surface area contributed by atoms with E-state index in [4.69, 9.17) is 9.47 Å². The fourth-order valence-corrected chi connectivity index (χ4v) is 2.52. The third-order valence-corrected chi connectivity index (χ3v) is 3.71. The average Bonchev–Trinajstić information content (AvgIpc) is 2.57. The lowest BCUT2D eigenvalue weighted by Gasteiger charge is -2.16. The van der Waals surface area contributed by atoms with E-state index in [0.29, 0.717) is 16.9 Å². The van der Waals surface area contributed by atoms with Gasteiger partial charge in [0.25, 0.3) is 0 Å². The molecule has 2 aromatic rings. The summed E-state index contributed by atoms with van der Waals surface area (Å²) >= 11 is 0. The Morgan fingerprint density at radius 3 is 2.08 bits per heavy atom. The van der Waals surface area contributed by atoms with E-state index in [1.165, 1.54) is 0 Å². The van der Waals surface area contributed by atoms with E-state index < -0.39 is 11.9 Å². The molecule has 0 aliphatic heterocycles. The Balaban J connectivity index is 2.33. The van der Waals surface area contributed by atoms with E-state index in [0.717, 1.165) is 5.56 Å². The van der Waals surface area contributed by atoms with Gasteiger partial charge in [-0.2, -0.15) is 0 Å². The maximum Gasteiger partial charge on any atom is 0.321 e. The van der Waals surface area contributed by atoms with Crippen LogP contribution in [0.4, 0.5) is 0 Å². The number of ketones is 1. The van der Waals surface area contributed by atoms with Crippen LogP contribution in [0.1, 0.15) is 48.2 Å². The molecule has 0 aromatic heterocycles. The van der Waals surface area contributed by atoms with Crippen LogP contribution in [0.3, 0.4) is 0 Å². The molecule has 0 saturated carbocycles. The molecule has 1 unspecified atom stereocenters. The number of ether oxygens (including phenoxy) is 2. The fourth-order valence-electron chi connectivity index (χ4n) is 2.52. The molecule has 2 aromatic carbocycles. The molecule has 0 aliphatic rings. The number of rotatable bonds is 7. The highest BCUT2D eigenvalue weighted by Gasteiger charge is 2.30. The minimum Gasteiger partial charge on any atom is -0.491 e. The van der Waals surface area contributed by atoms with Crippen molar-refractivity contribution in [3.8, 4) is 5.75 Å². The summed E-state index contributed by atoms with van der Waals surface area (Å²) in [6, 6.07) is 14.2. The van der Waals surface area contributed by atoms with Gasteiger partial charge in [0.1, 0.15) is 11.7 Å². The maximum atomic E-state index is 12.9. The monoisotopic (exact) mass is 340 g/mol. The minimum absolute atomic E-state index is 0.0564. The van der Waals surface area contributed by atoms with Crippen LogP contribution in [0.2, 0.25) is 0 Å². The topological polar surface area (TPSA) is 52.6 Å². The normalized spacial score (nSPS) is 11.9. The molecule has 0 fully saturated rings. The third-order valence-electron chi connectivity index (χ3n) is 3.71. The summed E-state index contributed by atoms with van der Waals surface area (Å²) in [6.45, 7) is 7.78. The second kappa shape index (κ2) is 8.47. The SMILES string of the molecule is CCOC(=O)C(C(=O)c1ccc(C)cc1)c1ccc(OC(C)C)cc1. The lowest BCUT2D eigenvalue weighted by Crippen LogP contribution is -2.24. The molecule has 0 bridgehead atoms. The summed E-state index contributed by atoms with van der Waals surface area (Å²) in [5, 5.41) is 0. The predicted octanol–water partition coefficient (Wildman–Crippen LogP) is 4.31. The molecule has 0 heterocycles. The van der Waals surface area contributed by atoms with Gasteiger partial charge in [-0.15, -0.1) is 0 Å². The van der Waals surface area contributed by atoms with Gasteiger partial charge in [-0.1, -0.05) is 42.0 Å². The highest BCUT2D eigenvalue weighted by atomic mass is 16.5. The van der Waals surface area contributed by atoms with E-state index >= 15 is 0 Å². The van der Waals surface area contributed by atoms with Gasteiger partial charge in [0.2, 0.25) is 0 Å². The molecule has 0 N–H and O–H groups in total. The Hall–Kier alpha value is -2.62. The Bertz CT molecular complexity index is 715. The first-order valence-corrected chi connectivity index (χ1v) is 8.46. The summed E-state index contributed by atoms with van der Waals surface area (Å²) in [7, 11) is 0. The molecule has 0 saturated heterocycles. The quantitative estimate of drug-likeness (QED) is 0.428. The number of hydrogen-bond acceptors (Lipinski definition) is 4. The molecule has 132 valence electrons. The number of benzene rings is 2. The van der Waals surface area contributed by atoms with E-state index in [2.05, 4.69) is 0 Å². The summed E-state index contributed by atoms with van der Waals surface area (Å²) in [4.78, 5) is 25.3. The molecule has 4 heteroatoms. The number of esters is 1. The van der Waals surface area contributed by atoms with Gasteiger partial charge in [0.05, 0.1) is 12.7 Å². The van der Waals surface area contributed by atoms with Crippen LogP contribution in [0.15, 0.2) is 48.5 Å². The van der Waals surface area contributed by atoms with Gasteiger partial charge in [0.15, 0.2) is 5.78 Å². The zero-order valence-corrected chi connectivity index (χ0v) is 15.1. The summed E-state index contributed by atoms with van der Waals surface area (Å²) in [6.07, 6.45) is 0.0564. The standard InChI is InChI=1S/C21H24O4/c1-5-24-21(23)19(20(22)17-8-6-15(4)7-9-17)16-10-12-18(13-11-16)25-14(2)3/h6-14,19H,5H2,1-4H3. The van der Waals surface area contributed by atoms with Crippen molar-refractivity contribution in [3.05, 3.63) is 65.2 Å². The van der Waals surface area contributed by atoms with Gasteiger partial charge in [0, 0.05) is 5.56 Å². The number of hydrogen-bond donors (Lipinski definition) is 0. The summed E-state index contributed by atoms with van der Waals surface area (Å²) < 4.78 is 10.7. The van der Waals surface area contributed by atoms with Crippen molar-refractivity contribution >= 4 is 11.8 Å². The first-order valence-electron chi connectivity index (χ1n) is 8.46. The zero-order valence-electron chi connectivity index (χ0n) is 15.1. The van der Waals surface area contributed by atoms with Crippen LogP contribution >= 0.6 is 0 Å². The van der Waals surface area contributed by atoms with Gasteiger partial charge in [-0.3, -0.25) is 9.59 Å². The van der Waals surface area contributed by atoms with Crippen molar-refractivity contribution in [1.82, 2.24) is 0 Å². The van der Waals surface area contributed by atoms with Crippen LogP contribution in [-0.4, -0.2) is 24.5 Å². The van der Waals surface area contributed by atoms with Crippen LogP contribution in [-0.2, 0) is 9.53 Å². The molecule has 25 heavy (non-hydrogen) atoms. The lowest BCUT2D eigenvalue weighted by atomic mass is 9.90. The van der Waals surface area contributed by atoms with Gasteiger partial charge >= 0.3 is 5.97 Å². The molecular formula is C21H24O4. The summed E-state index contributed by atoms with van der Waals surface area (Å²) in [5.74, 6) is -1.08. The van der Waals surface area contributed by atoms with Gasteiger partial charge in [-0.25, -0.2) is 0 Å². The van der Waals surface area contributed by atoms with Crippen molar-refractivity contribution in [2.24, 2.45) is 0 Å². The lowest BCUT2D eigenvalue weighted by molar-refractivity contribution is -0.143. The van der Waals surface area contributed by atoms with Crippen molar-refractivity contribution in [2.45, 2.75) is 39.7 Å². The number of aryl methyl sites for hydroxylation is 1. The van der Waals surface area contributed by atoms with Crippen LogP contribution in [0, 0.1) is 6.92 Å². The average molecular weight is 340 g/mol. The van der Waals surface area contributed by atoms with Crippen molar-refractivity contribution in [3.63, 3.8) is 0 Å². The second-order valence-electron chi connectivity index (χ2n) is 6.15. The third kappa shape index (κ3) is 4.92. The maximum absolute atomic E-state index is 12.9. The summed E-state index contributed by atoms with van der Waals surface area (Å²) in [5.41, 5.74) is 2.14. The minimum atomic E-state index is -0.976. The number of carbonyl (C=O) groups excluding carboxylic acids is 2. The highest BCUT2D eigenvalue weighted by Crippen LogP contribution is 2.25. The van der Waals surface area contributed by atoms with Crippen molar-refractivity contribution < 1.29 is 19.1 Å². The van der Waals surface area contributed by atoms with E-state index in [1.807, 2.05) is 32.9 Å². The molecule has 0 radical (unpaired) electrons. The highest BCUT2D eigenvalue weighted by molar-refractivity contribution is 6.13. The zero-order chi connectivity index (χ0) is 18.4. The van der Waals surface area contributed by atoms with Gasteiger partial charge in [-0.05, 0) is 45.4 Å². The van der Waals surface area contributed by atoms with Crippen molar-refractivity contribution in [1.29, 1.82) is 0 Å². The molecule has 0 aliphatic carbocycles. The smallest absolute Gasteiger partial charge is 0.321 e. The Labute approximate surface area is 148 Å². The largest absolute Gasteiger partial charge is 0.491 e. The van der Waals surface area contributed by atoms with E-state index in [9.17, 15) is 9.59 Å². The van der Waals surface area contributed by atoms with E-state index in [-0.39, 0.29) is 18.5 Å². The molecular weight excluding hydrogens is 316 g/mol. The van der Waals surface area contributed by atoms with Crippen LogP contribution < -0.4 is 4.74 Å². The number of Topliss-reactive ketones (excluding diaryl/α,β-unsaturated/α-hetero) is 1. The van der Waals surface area contributed by atoms with Crippen LogP contribution in [0.5, 0.6) is 5.75 Å². The Morgan fingerprint density at radius 2 is 1.56 bits per heavy atom. The van der Waals surface area contributed by atoms with Crippen molar-refractivity contribution in [2.75, 3.05) is 6.61 Å². The van der Waals surface area contributed by atoms with E-state index in [1.54, 1.807) is 43.3 Å².